The first-order valence-corrected chi connectivity index (χ1v) is 5.34. The zero-order valence-electron chi connectivity index (χ0n) is 9.28. The normalized spacial score (nSPS) is 17.1. The van der Waals surface area contributed by atoms with Gasteiger partial charge in [-0.1, -0.05) is 0 Å². The second kappa shape index (κ2) is 4.54. The summed E-state index contributed by atoms with van der Waals surface area (Å²) in [5.74, 6) is -0.302. The zero-order valence-corrected chi connectivity index (χ0v) is 9.28. The summed E-state index contributed by atoms with van der Waals surface area (Å²) in [5, 5.41) is 8.66. The minimum Gasteiger partial charge on any atom is -0.367 e. The van der Waals surface area contributed by atoms with Crippen LogP contribution in [0.4, 0.5) is 10.1 Å². The van der Waals surface area contributed by atoms with Crippen LogP contribution in [0.5, 0.6) is 0 Å². The van der Waals surface area contributed by atoms with Crippen molar-refractivity contribution in [2.75, 3.05) is 31.1 Å². The molecule has 82 valence electrons. The van der Waals surface area contributed by atoms with Crippen molar-refractivity contribution in [3.05, 3.63) is 29.6 Å². The Morgan fingerprint density at radius 2 is 1.94 bits per heavy atom. The maximum atomic E-state index is 13.7. The molecule has 3 nitrogen and oxygen atoms in total. The van der Waals surface area contributed by atoms with Crippen molar-refractivity contribution in [3.63, 3.8) is 0 Å². The van der Waals surface area contributed by atoms with E-state index < -0.39 is 0 Å². The van der Waals surface area contributed by atoms with Crippen molar-refractivity contribution in [2.24, 2.45) is 0 Å². The molecule has 0 spiro atoms. The van der Waals surface area contributed by atoms with Crippen LogP contribution in [-0.2, 0) is 0 Å². The molecule has 1 aromatic rings. The maximum Gasteiger partial charge on any atom is 0.185 e. The Morgan fingerprint density at radius 1 is 1.25 bits per heavy atom. The average Bonchev–Trinajstić information content (AvgIpc) is 2.30. The van der Waals surface area contributed by atoms with E-state index in [0.29, 0.717) is 11.3 Å². The lowest BCUT2D eigenvalue weighted by Crippen LogP contribution is -2.45. The lowest BCUT2D eigenvalue weighted by atomic mass is 10.1. The highest BCUT2D eigenvalue weighted by atomic mass is 19.1. The molecule has 1 heterocycles. The minimum absolute atomic E-state index is 0.302. The SMILES string of the molecule is BN1CCN(c2ccc(C#N)cc2F)CC1. The Morgan fingerprint density at radius 3 is 2.50 bits per heavy atom. The summed E-state index contributed by atoms with van der Waals surface area (Å²) in [6, 6.07) is 6.59. The molecule has 0 saturated carbocycles. The topological polar surface area (TPSA) is 30.3 Å². The van der Waals surface area contributed by atoms with Gasteiger partial charge in [0.15, 0.2) is 7.98 Å². The van der Waals surface area contributed by atoms with Crippen LogP contribution in [0.3, 0.4) is 0 Å². The quantitative estimate of drug-likeness (QED) is 0.636. The Kier molecular flexibility index (Phi) is 3.11. The number of hydrogen-bond acceptors (Lipinski definition) is 3. The van der Waals surface area contributed by atoms with Crippen LogP contribution in [0.1, 0.15) is 5.56 Å². The van der Waals surface area contributed by atoms with E-state index in [1.54, 1.807) is 12.1 Å². The summed E-state index contributed by atoms with van der Waals surface area (Å²) < 4.78 is 13.7. The molecule has 0 amide bonds. The minimum atomic E-state index is -0.302. The fourth-order valence-electron chi connectivity index (χ4n) is 1.88. The highest BCUT2D eigenvalue weighted by Crippen LogP contribution is 2.21. The molecule has 0 aliphatic carbocycles. The molecule has 5 heteroatoms. The summed E-state index contributed by atoms with van der Waals surface area (Å²) in [6.07, 6.45) is 0. The Hall–Kier alpha value is -1.54. The van der Waals surface area contributed by atoms with Crippen molar-refractivity contribution in [1.29, 1.82) is 5.26 Å². The molecule has 0 radical (unpaired) electrons. The predicted octanol–water partition coefficient (Wildman–Crippen LogP) is 0.367. The number of piperazine rings is 1. The van der Waals surface area contributed by atoms with Crippen molar-refractivity contribution < 1.29 is 4.39 Å². The van der Waals surface area contributed by atoms with Gasteiger partial charge in [0, 0.05) is 26.2 Å². The van der Waals surface area contributed by atoms with Gasteiger partial charge in [0.1, 0.15) is 5.82 Å². The second-order valence-electron chi connectivity index (χ2n) is 4.07. The molecule has 0 N–H and O–H groups in total. The van der Waals surface area contributed by atoms with Gasteiger partial charge in [-0.05, 0) is 18.2 Å². The summed E-state index contributed by atoms with van der Waals surface area (Å²) in [6.45, 7) is 3.55. The number of nitriles is 1. The van der Waals surface area contributed by atoms with Crippen LogP contribution >= 0.6 is 0 Å². The first-order valence-electron chi connectivity index (χ1n) is 5.34. The first-order chi connectivity index (χ1) is 7.70. The van der Waals surface area contributed by atoms with Crippen LogP contribution in [0.25, 0.3) is 0 Å². The van der Waals surface area contributed by atoms with E-state index in [1.165, 1.54) is 6.07 Å². The third kappa shape index (κ3) is 2.17. The molecule has 0 aromatic heterocycles. The number of halogens is 1. The molecule has 0 atom stereocenters. The van der Waals surface area contributed by atoms with Crippen molar-refractivity contribution in [2.45, 2.75) is 0 Å². The first kappa shape index (κ1) is 11.0. The lowest BCUT2D eigenvalue weighted by Gasteiger charge is -2.34. The Labute approximate surface area is 95.5 Å². The second-order valence-corrected chi connectivity index (χ2v) is 4.07. The number of nitrogens with zero attached hydrogens (tertiary/aromatic N) is 3. The maximum absolute atomic E-state index is 13.7. The molecule has 0 bridgehead atoms. The molecule has 1 aromatic carbocycles. The van der Waals surface area contributed by atoms with E-state index in [9.17, 15) is 4.39 Å². The van der Waals surface area contributed by atoms with Crippen LogP contribution in [0.2, 0.25) is 0 Å². The van der Waals surface area contributed by atoms with E-state index >= 15 is 0 Å². The van der Waals surface area contributed by atoms with Crippen molar-refractivity contribution >= 4 is 13.7 Å². The summed E-state index contributed by atoms with van der Waals surface area (Å²) in [5.41, 5.74) is 0.975. The van der Waals surface area contributed by atoms with Crippen molar-refractivity contribution in [3.8, 4) is 6.07 Å². The van der Waals surface area contributed by atoms with Crippen LogP contribution in [0, 0.1) is 17.1 Å². The third-order valence-electron chi connectivity index (χ3n) is 2.92. The molecular formula is C11H13BFN3. The molecule has 1 aliphatic heterocycles. The van der Waals surface area contributed by atoms with Crippen molar-refractivity contribution in [1.82, 2.24) is 4.81 Å². The van der Waals surface area contributed by atoms with Crippen LogP contribution in [-0.4, -0.2) is 39.0 Å². The summed E-state index contributed by atoms with van der Waals surface area (Å²) in [4.78, 5) is 4.24. The van der Waals surface area contributed by atoms with Gasteiger partial charge in [-0.25, -0.2) is 4.39 Å². The van der Waals surface area contributed by atoms with E-state index in [1.807, 2.05) is 11.0 Å². The monoisotopic (exact) mass is 217 g/mol. The molecule has 1 fully saturated rings. The number of hydrogen-bond donors (Lipinski definition) is 0. The third-order valence-corrected chi connectivity index (χ3v) is 2.92. The van der Waals surface area contributed by atoms with Gasteiger partial charge in [-0.2, -0.15) is 5.26 Å². The van der Waals surface area contributed by atoms with Crippen LogP contribution in [0.15, 0.2) is 18.2 Å². The van der Waals surface area contributed by atoms with Gasteiger partial charge in [0.05, 0.1) is 17.3 Å². The summed E-state index contributed by atoms with van der Waals surface area (Å²) >= 11 is 0. The van der Waals surface area contributed by atoms with Gasteiger partial charge in [0.25, 0.3) is 0 Å². The van der Waals surface area contributed by atoms with E-state index in [0.717, 1.165) is 26.2 Å². The predicted molar refractivity (Wildman–Crippen MR) is 63.4 cm³/mol. The van der Waals surface area contributed by atoms with Gasteiger partial charge >= 0.3 is 0 Å². The molecule has 2 rings (SSSR count). The smallest absolute Gasteiger partial charge is 0.185 e. The van der Waals surface area contributed by atoms with Gasteiger partial charge in [-0.3, -0.25) is 0 Å². The van der Waals surface area contributed by atoms with Gasteiger partial charge in [0.2, 0.25) is 0 Å². The zero-order chi connectivity index (χ0) is 11.5. The Bertz CT molecular complexity index is 422. The largest absolute Gasteiger partial charge is 0.367 e. The van der Waals surface area contributed by atoms with E-state index in [4.69, 9.17) is 5.26 Å². The summed E-state index contributed by atoms with van der Waals surface area (Å²) in [7, 11) is 2.06. The van der Waals surface area contributed by atoms with Gasteiger partial charge in [-0.15, -0.1) is 0 Å². The fraction of sp³-hybridized carbons (Fsp3) is 0.364. The van der Waals surface area contributed by atoms with Gasteiger partial charge < -0.3 is 9.71 Å². The Balaban J connectivity index is 2.18. The molecular weight excluding hydrogens is 204 g/mol. The lowest BCUT2D eigenvalue weighted by molar-refractivity contribution is 0.412. The number of benzene rings is 1. The highest BCUT2D eigenvalue weighted by Gasteiger charge is 2.16. The number of anilines is 1. The molecule has 1 saturated heterocycles. The van der Waals surface area contributed by atoms with Crippen LogP contribution < -0.4 is 4.90 Å². The molecule has 16 heavy (non-hydrogen) atoms. The highest BCUT2D eigenvalue weighted by molar-refractivity contribution is 6.04. The average molecular weight is 217 g/mol. The number of rotatable bonds is 1. The molecule has 1 aliphatic rings. The molecule has 0 unspecified atom stereocenters. The van der Waals surface area contributed by atoms with E-state index in [-0.39, 0.29) is 5.82 Å². The fourth-order valence-corrected chi connectivity index (χ4v) is 1.88. The standard InChI is InChI=1S/C11H13BFN3/c12-16-5-3-15(4-6-16)11-2-1-9(8-14)7-10(11)13/h1-2,7H,3-6,12H2. The van der Waals surface area contributed by atoms with E-state index in [2.05, 4.69) is 12.8 Å².